The summed E-state index contributed by atoms with van der Waals surface area (Å²) in [5.41, 5.74) is 7.00. The summed E-state index contributed by atoms with van der Waals surface area (Å²) >= 11 is 0. The van der Waals surface area contributed by atoms with Gasteiger partial charge < -0.3 is 0 Å². The molecule has 0 bridgehead atoms. The minimum absolute atomic E-state index is 0.932. The van der Waals surface area contributed by atoms with Crippen LogP contribution in [0, 0.1) is 0 Å². The third-order valence-electron chi connectivity index (χ3n) is 4.18. The standard InChI is InChI=1S/C16H17N5/c1-4-10-5-6-13-14(10)16-12(8-17-13)15(19-21(16)3)11-7-18-20(2)9-11/h5,7-9H,4,6H2,1-3H3. The summed E-state index contributed by atoms with van der Waals surface area (Å²) in [5.74, 6) is 0. The van der Waals surface area contributed by atoms with Crippen LogP contribution in [0.15, 0.2) is 24.7 Å². The quantitative estimate of drug-likeness (QED) is 0.724. The van der Waals surface area contributed by atoms with Crippen LogP contribution < -0.4 is 0 Å². The van der Waals surface area contributed by atoms with Crippen LogP contribution in [0.4, 0.5) is 0 Å². The van der Waals surface area contributed by atoms with Crippen molar-refractivity contribution < 1.29 is 0 Å². The zero-order valence-electron chi connectivity index (χ0n) is 12.5. The predicted octanol–water partition coefficient (Wildman–Crippen LogP) is 2.72. The molecule has 0 unspecified atom stereocenters. The van der Waals surface area contributed by atoms with Crippen molar-refractivity contribution in [1.29, 1.82) is 0 Å². The maximum atomic E-state index is 4.72. The van der Waals surface area contributed by atoms with Crippen molar-refractivity contribution >= 4 is 16.5 Å². The lowest BCUT2D eigenvalue weighted by Crippen LogP contribution is -1.96. The lowest BCUT2D eigenvalue weighted by Gasteiger charge is -2.06. The van der Waals surface area contributed by atoms with Gasteiger partial charge in [0.05, 0.1) is 17.4 Å². The second kappa shape index (κ2) is 4.28. The zero-order valence-corrected chi connectivity index (χ0v) is 12.5. The first-order chi connectivity index (χ1) is 10.2. The lowest BCUT2D eigenvalue weighted by atomic mass is 10.0. The fraction of sp³-hybridized carbons (Fsp3) is 0.312. The van der Waals surface area contributed by atoms with Crippen molar-refractivity contribution in [3.63, 3.8) is 0 Å². The second-order valence-electron chi connectivity index (χ2n) is 5.50. The maximum Gasteiger partial charge on any atom is 0.105 e. The predicted molar refractivity (Wildman–Crippen MR) is 82.7 cm³/mol. The van der Waals surface area contributed by atoms with Gasteiger partial charge in [0.15, 0.2) is 0 Å². The summed E-state index contributed by atoms with van der Waals surface area (Å²) in [4.78, 5) is 4.66. The number of pyridine rings is 1. The first-order valence-corrected chi connectivity index (χ1v) is 7.22. The van der Waals surface area contributed by atoms with E-state index in [0.717, 1.165) is 29.5 Å². The van der Waals surface area contributed by atoms with Crippen LogP contribution in [0.1, 0.15) is 24.6 Å². The Kier molecular flexibility index (Phi) is 2.51. The molecule has 4 rings (SSSR count). The van der Waals surface area contributed by atoms with Crippen LogP contribution >= 0.6 is 0 Å². The summed E-state index contributed by atoms with van der Waals surface area (Å²) in [6.07, 6.45) is 10.0. The summed E-state index contributed by atoms with van der Waals surface area (Å²) < 4.78 is 3.78. The number of rotatable bonds is 2. The summed E-state index contributed by atoms with van der Waals surface area (Å²) in [6, 6.07) is 0. The summed E-state index contributed by atoms with van der Waals surface area (Å²) in [7, 11) is 3.93. The average Bonchev–Trinajstić information content (AvgIpc) is 3.15. The number of hydrogen-bond donors (Lipinski definition) is 0. The molecule has 3 aromatic rings. The minimum atomic E-state index is 0.932. The molecule has 0 amide bonds. The van der Waals surface area contributed by atoms with E-state index in [2.05, 4.69) is 23.1 Å². The normalized spacial score (nSPS) is 13.8. The third-order valence-corrected chi connectivity index (χ3v) is 4.18. The van der Waals surface area contributed by atoms with Crippen LogP contribution in [0.25, 0.3) is 27.7 Å². The highest BCUT2D eigenvalue weighted by Gasteiger charge is 2.22. The lowest BCUT2D eigenvalue weighted by molar-refractivity contribution is 0.767. The molecule has 0 saturated carbocycles. The number of aromatic nitrogens is 5. The topological polar surface area (TPSA) is 48.5 Å². The molecule has 21 heavy (non-hydrogen) atoms. The van der Waals surface area contributed by atoms with E-state index in [0.29, 0.717) is 0 Å². The molecule has 0 saturated heterocycles. The summed E-state index contributed by atoms with van der Waals surface area (Å²) in [6.45, 7) is 2.19. The van der Waals surface area contributed by atoms with Gasteiger partial charge >= 0.3 is 0 Å². The molecule has 1 aliphatic rings. The van der Waals surface area contributed by atoms with E-state index in [1.807, 2.05) is 37.4 Å². The molecule has 0 fully saturated rings. The minimum Gasteiger partial charge on any atom is -0.275 e. The molecule has 0 radical (unpaired) electrons. The van der Waals surface area contributed by atoms with Crippen molar-refractivity contribution in [3.8, 4) is 11.3 Å². The van der Waals surface area contributed by atoms with E-state index in [1.165, 1.54) is 22.3 Å². The highest BCUT2D eigenvalue weighted by atomic mass is 15.3. The Hall–Kier alpha value is -2.43. The monoisotopic (exact) mass is 279 g/mol. The Labute approximate surface area is 122 Å². The molecule has 3 heterocycles. The van der Waals surface area contributed by atoms with Crippen molar-refractivity contribution in [2.75, 3.05) is 0 Å². The van der Waals surface area contributed by atoms with Gasteiger partial charge in [0, 0.05) is 49.4 Å². The average molecular weight is 279 g/mol. The molecular weight excluding hydrogens is 262 g/mol. The van der Waals surface area contributed by atoms with Crippen LogP contribution in [0.2, 0.25) is 0 Å². The van der Waals surface area contributed by atoms with Crippen molar-refractivity contribution in [2.45, 2.75) is 19.8 Å². The van der Waals surface area contributed by atoms with Gasteiger partial charge in [-0.25, -0.2) is 0 Å². The SMILES string of the molecule is CCC1=CCc2ncc3c(-c4cnn(C)c4)nn(C)c3c21. The van der Waals surface area contributed by atoms with Gasteiger partial charge in [0.1, 0.15) is 5.69 Å². The molecule has 5 heteroatoms. The number of allylic oxidation sites excluding steroid dienone is 2. The highest BCUT2D eigenvalue weighted by molar-refractivity contribution is 6.00. The van der Waals surface area contributed by atoms with E-state index in [-0.39, 0.29) is 0 Å². The van der Waals surface area contributed by atoms with Gasteiger partial charge in [-0.1, -0.05) is 13.0 Å². The molecule has 0 N–H and O–H groups in total. The first kappa shape index (κ1) is 12.3. The molecule has 3 aromatic heterocycles. The molecule has 0 spiro atoms. The van der Waals surface area contributed by atoms with E-state index >= 15 is 0 Å². The molecular formula is C16H17N5. The van der Waals surface area contributed by atoms with Gasteiger partial charge in [-0.15, -0.1) is 0 Å². The van der Waals surface area contributed by atoms with E-state index in [9.17, 15) is 0 Å². The number of nitrogens with zero attached hydrogens (tertiary/aromatic N) is 5. The van der Waals surface area contributed by atoms with Gasteiger partial charge in [0.2, 0.25) is 0 Å². The van der Waals surface area contributed by atoms with Crippen LogP contribution in [0.5, 0.6) is 0 Å². The fourth-order valence-electron chi connectivity index (χ4n) is 3.19. The number of fused-ring (bicyclic) bond motifs is 3. The Morgan fingerprint density at radius 2 is 2.10 bits per heavy atom. The molecule has 106 valence electrons. The smallest absolute Gasteiger partial charge is 0.105 e. The Morgan fingerprint density at radius 1 is 1.24 bits per heavy atom. The van der Waals surface area contributed by atoms with Gasteiger partial charge in [-0.05, 0) is 12.0 Å². The van der Waals surface area contributed by atoms with Gasteiger partial charge in [-0.2, -0.15) is 10.2 Å². The maximum absolute atomic E-state index is 4.72. The number of aryl methyl sites for hydroxylation is 2. The van der Waals surface area contributed by atoms with Crippen molar-refractivity contribution in [3.05, 3.63) is 35.9 Å². The van der Waals surface area contributed by atoms with Crippen LogP contribution in [-0.4, -0.2) is 24.5 Å². The van der Waals surface area contributed by atoms with Crippen molar-refractivity contribution in [2.24, 2.45) is 14.1 Å². The van der Waals surface area contributed by atoms with Crippen LogP contribution in [0.3, 0.4) is 0 Å². The van der Waals surface area contributed by atoms with Crippen molar-refractivity contribution in [1.82, 2.24) is 24.5 Å². The second-order valence-corrected chi connectivity index (χ2v) is 5.50. The molecule has 0 atom stereocenters. The molecule has 1 aliphatic carbocycles. The molecule has 0 aromatic carbocycles. The van der Waals surface area contributed by atoms with E-state index < -0.39 is 0 Å². The first-order valence-electron chi connectivity index (χ1n) is 7.22. The van der Waals surface area contributed by atoms with E-state index in [1.54, 1.807) is 4.68 Å². The Balaban J connectivity index is 2.04. The zero-order chi connectivity index (χ0) is 14.6. The Morgan fingerprint density at radius 3 is 2.81 bits per heavy atom. The number of hydrogen-bond acceptors (Lipinski definition) is 3. The summed E-state index contributed by atoms with van der Waals surface area (Å²) in [5, 5.41) is 10.1. The molecule has 0 aliphatic heterocycles. The molecule has 5 nitrogen and oxygen atoms in total. The van der Waals surface area contributed by atoms with Crippen LogP contribution in [-0.2, 0) is 20.5 Å². The van der Waals surface area contributed by atoms with Gasteiger partial charge in [0.25, 0.3) is 0 Å². The third kappa shape index (κ3) is 1.67. The highest BCUT2D eigenvalue weighted by Crippen LogP contribution is 2.37. The Bertz CT molecular complexity index is 882. The largest absolute Gasteiger partial charge is 0.275 e. The van der Waals surface area contributed by atoms with Gasteiger partial charge in [-0.3, -0.25) is 14.3 Å². The van der Waals surface area contributed by atoms with E-state index in [4.69, 9.17) is 5.10 Å². The fourth-order valence-corrected chi connectivity index (χ4v) is 3.19.